The number of nitrogens with zero attached hydrogens (tertiary/aromatic N) is 6. The minimum Gasteiger partial charge on any atom is -0.251 e. The average Bonchev–Trinajstić information content (AvgIpc) is 3.20. The molecule has 0 spiro atoms. The zero-order chi connectivity index (χ0) is 15.8. The van der Waals surface area contributed by atoms with Gasteiger partial charge >= 0.3 is 0 Å². The van der Waals surface area contributed by atoms with Crippen LogP contribution < -0.4 is 0 Å². The topological polar surface area (TPSA) is 69.4 Å². The Balaban J connectivity index is 1.91. The van der Waals surface area contributed by atoms with Crippen molar-refractivity contribution in [2.75, 3.05) is 0 Å². The highest BCUT2D eigenvalue weighted by Crippen LogP contribution is 2.29. The zero-order valence-corrected chi connectivity index (χ0v) is 13.6. The van der Waals surface area contributed by atoms with Gasteiger partial charge in [-0.3, -0.25) is 4.98 Å². The Hall–Kier alpha value is -2.67. The summed E-state index contributed by atoms with van der Waals surface area (Å²) < 4.78 is 8.55. The molecule has 0 saturated carbocycles. The van der Waals surface area contributed by atoms with Crippen molar-refractivity contribution in [2.45, 2.75) is 20.4 Å². The van der Waals surface area contributed by atoms with Crippen LogP contribution in [-0.4, -0.2) is 28.7 Å². The van der Waals surface area contributed by atoms with E-state index in [0.717, 1.165) is 39.4 Å². The normalized spacial score (nSPS) is 11.2. The third-order valence-electron chi connectivity index (χ3n) is 3.60. The summed E-state index contributed by atoms with van der Waals surface area (Å²) in [5, 5.41) is 9.21. The lowest BCUT2D eigenvalue weighted by atomic mass is 10.1. The molecule has 7 heteroatoms. The minimum absolute atomic E-state index is 0.708. The van der Waals surface area contributed by atoms with Gasteiger partial charge in [0.25, 0.3) is 0 Å². The van der Waals surface area contributed by atoms with E-state index >= 15 is 0 Å². The predicted molar refractivity (Wildman–Crippen MR) is 90.1 cm³/mol. The summed E-state index contributed by atoms with van der Waals surface area (Å²) >= 11 is 1.22. The van der Waals surface area contributed by atoms with Crippen molar-refractivity contribution in [1.29, 1.82) is 0 Å². The molecule has 4 rings (SSSR count). The van der Waals surface area contributed by atoms with Gasteiger partial charge in [0.05, 0.1) is 24.0 Å². The molecule has 0 bridgehead atoms. The first-order chi connectivity index (χ1) is 11.2. The predicted octanol–water partition coefficient (Wildman–Crippen LogP) is 3.34. The smallest absolute Gasteiger partial charge is 0.139 e. The van der Waals surface area contributed by atoms with E-state index in [0.29, 0.717) is 6.54 Å². The lowest BCUT2D eigenvalue weighted by Crippen LogP contribution is -1.98. The summed E-state index contributed by atoms with van der Waals surface area (Å²) in [5.41, 5.74) is 6.15. The SMILES string of the molecule is CCn1nc(-c2ccc3nsnc3c2)c(-c2cccc(C)n2)n1. The second-order valence-corrected chi connectivity index (χ2v) is 5.75. The number of rotatable bonds is 3. The van der Waals surface area contributed by atoms with Gasteiger partial charge in [-0.25, -0.2) is 0 Å². The number of hydrogen-bond acceptors (Lipinski definition) is 6. The number of pyridine rings is 1. The number of hydrogen-bond donors (Lipinski definition) is 0. The molecular formula is C16H14N6S. The zero-order valence-electron chi connectivity index (χ0n) is 12.8. The van der Waals surface area contributed by atoms with E-state index in [-0.39, 0.29) is 0 Å². The van der Waals surface area contributed by atoms with Gasteiger partial charge in [0.15, 0.2) is 0 Å². The molecule has 3 heterocycles. The van der Waals surface area contributed by atoms with Crippen molar-refractivity contribution in [3.8, 4) is 22.6 Å². The first kappa shape index (κ1) is 14.0. The van der Waals surface area contributed by atoms with Crippen molar-refractivity contribution in [3.63, 3.8) is 0 Å². The standard InChI is InChI=1S/C16H14N6S/c1-3-22-18-15(11-7-8-12-14(9-11)21-23-20-12)16(19-22)13-6-4-5-10(2)17-13/h4-9H,3H2,1-2H3. The molecule has 0 amide bonds. The molecule has 0 N–H and O–H groups in total. The van der Waals surface area contributed by atoms with Gasteiger partial charge in [0, 0.05) is 11.3 Å². The third kappa shape index (κ3) is 2.49. The fraction of sp³-hybridized carbons (Fsp3) is 0.188. The van der Waals surface area contributed by atoms with E-state index < -0.39 is 0 Å². The molecule has 0 aliphatic carbocycles. The van der Waals surface area contributed by atoms with Crippen LogP contribution in [0, 0.1) is 6.92 Å². The molecule has 1 aromatic carbocycles. The molecular weight excluding hydrogens is 308 g/mol. The first-order valence-corrected chi connectivity index (χ1v) is 8.09. The van der Waals surface area contributed by atoms with Crippen LogP contribution in [0.25, 0.3) is 33.7 Å². The molecule has 4 aromatic rings. The second kappa shape index (κ2) is 5.51. The molecule has 0 fully saturated rings. The van der Waals surface area contributed by atoms with Crippen LogP contribution in [0.15, 0.2) is 36.4 Å². The maximum absolute atomic E-state index is 4.62. The molecule has 6 nitrogen and oxygen atoms in total. The number of benzene rings is 1. The Morgan fingerprint density at radius 3 is 2.65 bits per heavy atom. The molecule has 114 valence electrons. The highest BCUT2D eigenvalue weighted by atomic mass is 32.1. The molecule has 23 heavy (non-hydrogen) atoms. The fourth-order valence-electron chi connectivity index (χ4n) is 2.46. The lowest BCUT2D eigenvalue weighted by molar-refractivity contribution is 0.572. The van der Waals surface area contributed by atoms with E-state index in [4.69, 9.17) is 0 Å². The van der Waals surface area contributed by atoms with Crippen LogP contribution >= 0.6 is 11.7 Å². The van der Waals surface area contributed by atoms with E-state index in [1.54, 1.807) is 4.80 Å². The van der Waals surface area contributed by atoms with Crippen molar-refractivity contribution in [1.82, 2.24) is 28.7 Å². The lowest BCUT2D eigenvalue weighted by Gasteiger charge is -2.01. The highest BCUT2D eigenvalue weighted by molar-refractivity contribution is 7.00. The van der Waals surface area contributed by atoms with Gasteiger partial charge in [-0.05, 0) is 38.1 Å². The summed E-state index contributed by atoms with van der Waals surface area (Å²) in [6.07, 6.45) is 0. The molecule has 0 aliphatic heterocycles. The van der Waals surface area contributed by atoms with E-state index in [9.17, 15) is 0 Å². The van der Waals surface area contributed by atoms with E-state index in [2.05, 4.69) is 23.9 Å². The minimum atomic E-state index is 0.708. The van der Waals surface area contributed by atoms with Crippen LogP contribution in [0.1, 0.15) is 12.6 Å². The van der Waals surface area contributed by atoms with Crippen LogP contribution in [0.3, 0.4) is 0 Å². The second-order valence-electron chi connectivity index (χ2n) is 5.22. The summed E-state index contributed by atoms with van der Waals surface area (Å²) in [4.78, 5) is 6.28. The van der Waals surface area contributed by atoms with Crippen LogP contribution in [0.5, 0.6) is 0 Å². The summed E-state index contributed by atoms with van der Waals surface area (Å²) in [7, 11) is 0. The average molecular weight is 322 g/mol. The monoisotopic (exact) mass is 322 g/mol. The molecule has 0 atom stereocenters. The van der Waals surface area contributed by atoms with Crippen molar-refractivity contribution in [3.05, 3.63) is 42.1 Å². The van der Waals surface area contributed by atoms with Crippen LogP contribution in [0.4, 0.5) is 0 Å². The maximum atomic E-state index is 4.62. The van der Waals surface area contributed by atoms with Gasteiger partial charge in [0.2, 0.25) is 0 Å². The van der Waals surface area contributed by atoms with E-state index in [1.807, 2.05) is 50.2 Å². The molecule has 3 aromatic heterocycles. The summed E-state index contributed by atoms with van der Waals surface area (Å²) in [6.45, 7) is 4.70. The summed E-state index contributed by atoms with van der Waals surface area (Å²) in [6, 6.07) is 11.9. The Bertz CT molecular complexity index is 987. The van der Waals surface area contributed by atoms with Gasteiger partial charge in [-0.2, -0.15) is 23.7 Å². The van der Waals surface area contributed by atoms with E-state index in [1.165, 1.54) is 11.7 Å². The Morgan fingerprint density at radius 2 is 1.83 bits per heavy atom. The van der Waals surface area contributed by atoms with Gasteiger partial charge < -0.3 is 0 Å². The Kier molecular flexibility index (Phi) is 3.34. The Labute approximate surface area is 137 Å². The van der Waals surface area contributed by atoms with Crippen molar-refractivity contribution < 1.29 is 0 Å². The first-order valence-electron chi connectivity index (χ1n) is 7.36. The molecule has 0 unspecified atom stereocenters. The third-order valence-corrected chi connectivity index (χ3v) is 4.15. The van der Waals surface area contributed by atoms with Crippen LogP contribution in [0.2, 0.25) is 0 Å². The van der Waals surface area contributed by atoms with Gasteiger partial charge in [-0.1, -0.05) is 12.1 Å². The molecule has 0 radical (unpaired) electrons. The number of aromatic nitrogens is 6. The van der Waals surface area contributed by atoms with Crippen molar-refractivity contribution >= 4 is 22.8 Å². The maximum Gasteiger partial charge on any atom is 0.139 e. The fourth-order valence-corrected chi connectivity index (χ4v) is 2.98. The van der Waals surface area contributed by atoms with Gasteiger partial charge in [0.1, 0.15) is 22.4 Å². The van der Waals surface area contributed by atoms with Gasteiger partial charge in [-0.15, -0.1) is 0 Å². The van der Waals surface area contributed by atoms with Crippen LogP contribution in [-0.2, 0) is 6.54 Å². The quantitative estimate of drug-likeness (QED) is 0.578. The number of aryl methyl sites for hydroxylation is 2. The van der Waals surface area contributed by atoms with Crippen molar-refractivity contribution in [2.24, 2.45) is 0 Å². The summed E-state index contributed by atoms with van der Waals surface area (Å²) in [5.74, 6) is 0. The largest absolute Gasteiger partial charge is 0.251 e. The molecule has 0 aliphatic rings. The molecule has 0 saturated heterocycles. The highest BCUT2D eigenvalue weighted by Gasteiger charge is 2.16. The number of fused-ring (bicyclic) bond motifs is 1. The Morgan fingerprint density at radius 1 is 1.00 bits per heavy atom.